The maximum Gasteiger partial charge on any atom is 0.253 e. The topological polar surface area (TPSA) is 57.7 Å². The summed E-state index contributed by atoms with van der Waals surface area (Å²) >= 11 is 0. The Morgan fingerprint density at radius 2 is 1.62 bits per heavy atom. The normalized spacial score (nSPS) is 26.9. The molecule has 0 unspecified atom stereocenters. The Kier molecular flexibility index (Phi) is 4.12. The number of imide groups is 1. The van der Waals surface area contributed by atoms with Crippen molar-refractivity contribution in [1.29, 1.82) is 0 Å². The Labute approximate surface area is 169 Å². The fourth-order valence-corrected chi connectivity index (χ4v) is 5.08. The first-order valence-corrected chi connectivity index (χ1v) is 10.00. The molecule has 0 radical (unpaired) electrons. The molecule has 2 aromatic rings. The van der Waals surface area contributed by atoms with E-state index in [2.05, 4.69) is 12.2 Å². The van der Waals surface area contributed by atoms with E-state index in [1.807, 2.05) is 30.3 Å². The van der Waals surface area contributed by atoms with Gasteiger partial charge in [-0.3, -0.25) is 14.4 Å². The number of anilines is 1. The summed E-state index contributed by atoms with van der Waals surface area (Å²) < 4.78 is 0. The first kappa shape index (κ1) is 17.9. The molecule has 1 saturated heterocycles. The van der Waals surface area contributed by atoms with Gasteiger partial charge in [0, 0.05) is 19.2 Å². The molecule has 3 amide bonds. The van der Waals surface area contributed by atoms with E-state index in [9.17, 15) is 14.4 Å². The monoisotopic (exact) mass is 386 g/mol. The van der Waals surface area contributed by atoms with Crippen LogP contribution in [-0.4, -0.2) is 29.7 Å². The molecule has 0 N–H and O–H groups in total. The highest BCUT2D eigenvalue weighted by Gasteiger charge is 2.59. The second-order valence-corrected chi connectivity index (χ2v) is 8.21. The molecule has 4 atom stereocenters. The van der Waals surface area contributed by atoms with Crippen LogP contribution in [0, 0.1) is 23.7 Å². The number of hydrogen-bond acceptors (Lipinski definition) is 3. The van der Waals surface area contributed by atoms with E-state index < -0.39 is 0 Å². The van der Waals surface area contributed by atoms with E-state index in [-0.39, 0.29) is 41.4 Å². The van der Waals surface area contributed by atoms with Crippen LogP contribution in [0.2, 0.25) is 0 Å². The molecule has 5 nitrogen and oxygen atoms in total. The van der Waals surface area contributed by atoms with Crippen molar-refractivity contribution in [2.75, 3.05) is 11.9 Å². The number of allylic oxidation sites excluding steroid dienone is 2. The molecule has 146 valence electrons. The average molecular weight is 386 g/mol. The van der Waals surface area contributed by atoms with Gasteiger partial charge in [-0.1, -0.05) is 48.6 Å². The number of amides is 3. The van der Waals surface area contributed by atoms with Crippen molar-refractivity contribution in [3.8, 4) is 0 Å². The smallest absolute Gasteiger partial charge is 0.253 e. The van der Waals surface area contributed by atoms with E-state index in [0.717, 1.165) is 12.0 Å². The second-order valence-electron chi connectivity index (χ2n) is 8.21. The van der Waals surface area contributed by atoms with Crippen LogP contribution in [0.15, 0.2) is 66.7 Å². The summed E-state index contributed by atoms with van der Waals surface area (Å²) in [5.41, 5.74) is 2.01. The first-order chi connectivity index (χ1) is 14.0. The van der Waals surface area contributed by atoms with Crippen LogP contribution in [0.1, 0.15) is 22.3 Å². The molecule has 1 saturated carbocycles. The van der Waals surface area contributed by atoms with Gasteiger partial charge >= 0.3 is 0 Å². The lowest BCUT2D eigenvalue weighted by Gasteiger charge is -2.20. The molecular formula is C24H22N2O3. The highest BCUT2D eigenvalue weighted by atomic mass is 16.2. The van der Waals surface area contributed by atoms with Crippen molar-refractivity contribution < 1.29 is 14.4 Å². The van der Waals surface area contributed by atoms with Crippen LogP contribution in [-0.2, 0) is 16.1 Å². The Hall–Kier alpha value is -3.21. The maximum absolute atomic E-state index is 13.0. The fourth-order valence-electron chi connectivity index (χ4n) is 5.08. The molecular weight excluding hydrogens is 364 g/mol. The summed E-state index contributed by atoms with van der Waals surface area (Å²) in [4.78, 5) is 41.9. The highest BCUT2D eigenvalue weighted by molar-refractivity contribution is 6.23. The van der Waals surface area contributed by atoms with Crippen LogP contribution >= 0.6 is 0 Å². The van der Waals surface area contributed by atoms with E-state index in [1.165, 1.54) is 4.90 Å². The van der Waals surface area contributed by atoms with Gasteiger partial charge in [-0.25, -0.2) is 4.90 Å². The summed E-state index contributed by atoms with van der Waals surface area (Å²) in [7, 11) is 1.75. The standard InChI is InChI=1S/C24H22N2O3/c1-25(14-15-6-3-2-4-7-15)22(27)18-8-5-9-19(13-18)26-23(28)20-16-10-11-17(12-16)21(20)24(26)29/h2-11,13,16-17,20-21H,12,14H2,1H3/t16-,17-,20-,21-/m0/s1. The zero-order valence-corrected chi connectivity index (χ0v) is 16.2. The summed E-state index contributed by atoms with van der Waals surface area (Å²) in [6, 6.07) is 16.6. The van der Waals surface area contributed by atoms with Crippen molar-refractivity contribution in [1.82, 2.24) is 4.90 Å². The lowest BCUT2D eigenvalue weighted by molar-refractivity contribution is -0.123. The maximum atomic E-state index is 13.0. The summed E-state index contributed by atoms with van der Waals surface area (Å²) in [6.07, 6.45) is 5.07. The molecule has 2 aromatic carbocycles. The number of carbonyl (C=O) groups excluding carboxylic acids is 3. The number of nitrogens with zero attached hydrogens (tertiary/aromatic N) is 2. The fraction of sp³-hybridized carbons (Fsp3) is 0.292. The number of hydrogen-bond donors (Lipinski definition) is 0. The van der Waals surface area contributed by atoms with Crippen molar-refractivity contribution in [2.24, 2.45) is 23.7 Å². The van der Waals surface area contributed by atoms with E-state index >= 15 is 0 Å². The molecule has 2 fully saturated rings. The Morgan fingerprint density at radius 1 is 0.966 bits per heavy atom. The minimum Gasteiger partial charge on any atom is -0.337 e. The highest BCUT2D eigenvalue weighted by Crippen LogP contribution is 2.53. The molecule has 29 heavy (non-hydrogen) atoms. The zero-order chi connectivity index (χ0) is 20.1. The number of fused-ring (bicyclic) bond motifs is 5. The van der Waals surface area contributed by atoms with Gasteiger partial charge in [0.05, 0.1) is 17.5 Å². The van der Waals surface area contributed by atoms with Gasteiger partial charge in [-0.15, -0.1) is 0 Å². The minimum absolute atomic E-state index is 0.126. The van der Waals surface area contributed by atoms with Gasteiger partial charge < -0.3 is 4.90 Å². The van der Waals surface area contributed by atoms with Gasteiger partial charge in [0.1, 0.15) is 0 Å². The molecule has 1 heterocycles. The van der Waals surface area contributed by atoms with Gasteiger partial charge in [-0.05, 0) is 42.0 Å². The largest absolute Gasteiger partial charge is 0.337 e. The molecule has 2 bridgehead atoms. The average Bonchev–Trinajstić information content (AvgIpc) is 3.42. The van der Waals surface area contributed by atoms with Gasteiger partial charge in [0.15, 0.2) is 0 Å². The molecule has 0 aromatic heterocycles. The SMILES string of the molecule is CN(Cc1ccccc1)C(=O)c1cccc(N2C(=O)[C@@H]3[C@@H](C2=O)[C@H]2C=C[C@H]3C2)c1. The van der Waals surface area contributed by atoms with Crippen LogP contribution in [0.4, 0.5) is 5.69 Å². The van der Waals surface area contributed by atoms with Crippen molar-refractivity contribution in [3.05, 3.63) is 77.9 Å². The zero-order valence-electron chi connectivity index (χ0n) is 16.2. The summed E-state index contributed by atoms with van der Waals surface area (Å²) in [6.45, 7) is 0.491. The van der Waals surface area contributed by atoms with Crippen molar-refractivity contribution in [2.45, 2.75) is 13.0 Å². The molecule has 0 spiro atoms. The molecule has 5 heteroatoms. The van der Waals surface area contributed by atoms with Gasteiger partial charge in [0.25, 0.3) is 5.91 Å². The Morgan fingerprint density at radius 3 is 2.28 bits per heavy atom. The van der Waals surface area contributed by atoms with Crippen molar-refractivity contribution in [3.63, 3.8) is 0 Å². The lowest BCUT2D eigenvalue weighted by Crippen LogP contribution is -2.33. The Bertz CT molecular complexity index is 999. The third-order valence-corrected chi connectivity index (χ3v) is 6.43. The van der Waals surface area contributed by atoms with Crippen LogP contribution < -0.4 is 4.90 Å². The second kappa shape index (κ2) is 6.69. The van der Waals surface area contributed by atoms with Gasteiger partial charge in [0.2, 0.25) is 11.8 Å². The van der Waals surface area contributed by atoms with Crippen LogP contribution in [0.5, 0.6) is 0 Å². The predicted molar refractivity (Wildman–Crippen MR) is 109 cm³/mol. The third-order valence-electron chi connectivity index (χ3n) is 6.43. The summed E-state index contributed by atoms with van der Waals surface area (Å²) in [5.74, 6) is -0.522. The minimum atomic E-state index is -0.238. The van der Waals surface area contributed by atoms with E-state index in [4.69, 9.17) is 0 Å². The van der Waals surface area contributed by atoms with Crippen molar-refractivity contribution >= 4 is 23.4 Å². The van der Waals surface area contributed by atoms with Crippen LogP contribution in [0.3, 0.4) is 0 Å². The Balaban J connectivity index is 1.38. The van der Waals surface area contributed by atoms with E-state index in [1.54, 1.807) is 36.2 Å². The quantitative estimate of drug-likeness (QED) is 0.599. The molecule has 3 aliphatic rings. The number of rotatable bonds is 4. The lowest BCUT2D eigenvalue weighted by atomic mass is 9.85. The van der Waals surface area contributed by atoms with E-state index in [0.29, 0.717) is 17.8 Å². The summed E-state index contributed by atoms with van der Waals surface area (Å²) in [5, 5.41) is 0. The molecule has 2 aliphatic carbocycles. The third kappa shape index (κ3) is 2.80. The number of benzene rings is 2. The number of carbonyl (C=O) groups is 3. The molecule has 1 aliphatic heterocycles. The van der Waals surface area contributed by atoms with Gasteiger partial charge in [-0.2, -0.15) is 0 Å². The molecule has 5 rings (SSSR count). The first-order valence-electron chi connectivity index (χ1n) is 10.00. The predicted octanol–water partition coefficient (Wildman–Crippen LogP) is 3.27. The van der Waals surface area contributed by atoms with Crippen LogP contribution in [0.25, 0.3) is 0 Å².